The van der Waals surface area contributed by atoms with E-state index < -0.39 is 0 Å². The molecule has 0 bridgehead atoms. The van der Waals surface area contributed by atoms with Crippen LogP contribution in [0.5, 0.6) is 0 Å². The van der Waals surface area contributed by atoms with Crippen LogP contribution in [-0.4, -0.2) is 9.97 Å². The standard InChI is InChI=1S/C9H6BrClN2O/c1-4-12-8-6(9(14)13-4)2-5(10)3-7(8)11/h2-3H,1H3,(H,12,13,14). The first kappa shape index (κ1) is 9.68. The number of rotatable bonds is 0. The van der Waals surface area contributed by atoms with Gasteiger partial charge in [-0.1, -0.05) is 27.5 Å². The lowest BCUT2D eigenvalue weighted by Gasteiger charge is -2.01. The van der Waals surface area contributed by atoms with Crippen LogP contribution in [0, 0.1) is 6.92 Å². The van der Waals surface area contributed by atoms with Gasteiger partial charge < -0.3 is 4.98 Å². The molecule has 0 saturated heterocycles. The molecule has 72 valence electrons. The van der Waals surface area contributed by atoms with Gasteiger partial charge in [0.1, 0.15) is 5.82 Å². The summed E-state index contributed by atoms with van der Waals surface area (Å²) in [6.07, 6.45) is 0. The van der Waals surface area contributed by atoms with Crippen molar-refractivity contribution < 1.29 is 0 Å². The maximum atomic E-state index is 11.5. The molecule has 5 heteroatoms. The van der Waals surface area contributed by atoms with Gasteiger partial charge in [0.05, 0.1) is 15.9 Å². The Balaban J connectivity index is 3.02. The number of H-pyrrole nitrogens is 1. The van der Waals surface area contributed by atoms with Crippen molar-refractivity contribution in [2.75, 3.05) is 0 Å². The second kappa shape index (κ2) is 3.37. The van der Waals surface area contributed by atoms with Gasteiger partial charge in [0.2, 0.25) is 0 Å². The summed E-state index contributed by atoms with van der Waals surface area (Å²) in [6.45, 7) is 1.72. The van der Waals surface area contributed by atoms with E-state index >= 15 is 0 Å². The van der Waals surface area contributed by atoms with Crippen molar-refractivity contribution in [2.24, 2.45) is 0 Å². The van der Waals surface area contributed by atoms with Crippen molar-refractivity contribution in [2.45, 2.75) is 6.92 Å². The van der Waals surface area contributed by atoms with Gasteiger partial charge in [-0.15, -0.1) is 0 Å². The van der Waals surface area contributed by atoms with Gasteiger partial charge in [-0.2, -0.15) is 0 Å². The predicted octanol–water partition coefficient (Wildman–Crippen LogP) is 2.65. The molecular weight excluding hydrogens is 267 g/mol. The normalized spacial score (nSPS) is 10.8. The topological polar surface area (TPSA) is 45.8 Å². The van der Waals surface area contributed by atoms with Crippen LogP contribution in [0.2, 0.25) is 5.02 Å². The van der Waals surface area contributed by atoms with E-state index in [4.69, 9.17) is 11.6 Å². The molecule has 14 heavy (non-hydrogen) atoms. The lowest BCUT2D eigenvalue weighted by atomic mass is 10.2. The summed E-state index contributed by atoms with van der Waals surface area (Å²) >= 11 is 9.23. The van der Waals surface area contributed by atoms with Crippen molar-refractivity contribution >= 4 is 38.4 Å². The number of hydrogen-bond acceptors (Lipinski definition) is 2. The Hall–Kier alpha value is -0.870. The van der Waals surface area contributed by atoms with E-state index in [9.17, 15) is 4.79 Å². The fraction of sp³-hybridized carbons (Fsp3) is 0.111. The number of fused-ring (bicyclic) bond motifs is 1. The molecular formula is C9H6BrClN2O. The number of aromatic nitrogens is 2. The average molecular weight is 274 g/mol. The highest BCUT2D eigenvalue weighted by molar-refractivity contribution is 9.10. The van der Waals surface area contributed by atoms with E-state index in [0.29, 0.717) is 21.7 Å². The lowest BCUT2D eigenvalue weighted by Crippen LogP contribution is -2.09. The number of nitrogens with one attached hydrogen (secondary N) is 1. The Morgan fingerprint density at radius 3 is 2.93 bits per heavy atom. The Morgan fingerprint density at radius 2 is 2.21 bits per heavy atom. The molecule has 0 unspecified atom stereocenters. The zero-order chi connectivity index (χ0) is 10.3. The van der Waals surface area contributed by atoms with E-state index in [1.807, 2.05) is 0 Å². The van der Waals surface area contributed by atoms with Gasteiger partial charge in [-0.05, 0) is 19.1 Å². The minimum Gasteiger partial charge on any atom is -0.310 e. The van der Waals surface area contributed by atoms with Crippen molar-refractivity contribution in [3.63, 3.8) is 0 Å². The summed E-state index contributed by atoms with van der Waals surface area (Å²) in [5.41, 5.74) is 0.367. The van der Waals surface area contributed by atoms with Crippen molar-refractivity contribution in [3.8, 4) is 0 Å². The second-order valence-electron chi connectivity index (χ2n) is 2.94. The first-order chi connectivity index (χ1) is 6.58. The van der Waals surface area contributed by atoms with Crippen molar-refractivity contribution in [1.82, 2.24) is 9.97 Å². The van der Waals surface area contributed by atoms with Gasteiger partial charge in [0.15, 0.2) is 0 Å². The Morgan fingerprint density at radius 1 is 1.50 bits per heavy atom. The lowest BCUT2D eigenvalue weighted by molar-refractivity contribution is 1.06. The number of aryl methyl sites for hydroxylation is 1. The monoisotopic (exact) mass is 272 g/mol. The van der Waals surface area contributed by atoms with Crippen LogP contribution in [0.3, 0.4) is 0 Å². The molecule has 0 amide bonds. The van der Waals surface area contributed by atoms with Crippen LogP contribution in [0.4, 0.5) is 0 Å². The van der Waals surface area contributed by atoms with Crippen LogP contribution in [0.25, 0.3) is 10.9 Å². The van der Waals surface area contributed by atoms with Gasteiger partial charge in [0, 0.05) is 4.47 Å². The SMILES string of the molecule is Cc1nc2c(Cl)cc(Br)cc2c(=O)[nH]1. The molecule has 2 rings (SSSR count). The molecule has 3 nitrogen and oxygen atoms in total. The molecule has 0 aliphatic carbocycles. The Bertz CT molecular complexity index is 564. The summed E-state index contributed by atoms with van der Waals surface area (Å²) < 4.78 is 0.770. The van der Waals surface area contributed by atoms with E-state index in [0.717, 1.165) is 4.47 Å². The van der Waals surface area contributed by atoms with Crippen molar-refractivity contribution in [1.29, 1.82) is 0 Å². The first-order valence-electron chi connectivity index (χ1n) is 3.93. The number of aromatic amines is 1. The highest BCUT2D eigenvalue weighted by Gasteiger charge is 2.06. The van der Waals surface area contributed by atoms with Gasteiger partial charge in [0.25, 0.3) is 5.56 Å². The Labute approximate surface area is 93.2 Å². The zero-order valence-electron chi connectivity index (χ0n) is 7.27. The maximum Gasteiger partial charge on any atom is 0.258 e. The molecule has 0 fully saturated rings. The molecule has 1 aromatic carbocycles. The third-order valence-electron chi connectivity index (χ3n) is 1.85. The van der Waals surface area contributed by atoms with Gasteiger partial charge in [-0.25, -0.2) is 4.98 Å². The molecule has 0 spiro atoms. The average Bonchev–Trinajstić information content (AvgIpc) is 2.07. The fourth-order valence-electron chi connectivity index (χ4n) is 1.28. The van der Waals surface area contributed by atoms with Crippen LogP contribution >= 0.6 is 27.5 Å². The third-order valence-corrected chi connectivity index (χ3v) is 2.59. The zero-order valence-corrected chi connectivity index (χ0v) is 9.61. The van der Waals surface area contributed by atoms with Gasteiger partial charge >= 0.3 is 0 Å². The molecule has 1 heterocycles. The maximum absolute atomic E-state index is 11.5. The van der Waals surface area contributed by atoms with E-state index in [1.54, 1.807) is 19.1 Å². The van der Waals surface area contributed by atoms with Crippen LogP contribution in [0.1, 0.15) is 5.82 Å². The van der Waals surface area contributed by atoms with Crippen LogP contribution in [-0.2, 0) is 0 Å². The van der Waals surface area contributed by atoms with Crippen LogP contribution < -0.4 is 5.56 Å². The molecule has 0 aliphatic rings. The minimum atomic E-state index is -0.171. The first-order valence-corrected chi connectivity index (χ1v) is 5.10. The molecule has 1 N–H and O–H groups in total. The number of halogens is 2. The summed E-state index contributed by atoms with van der Waals surface area (Å²) in [4.78, 5) is 18.3. The summed E-state index contributed by atoms with van der Waals surface area (Å²) in [7, 11) is 0. The summed E-state index contributed by atoms with van der Waals surface area (Å²) in [6, 6.07) is 3.42. The van der Waals surface area contributed by atoms with E-state index in [2.05, 4.69) is 25.9 Å². The molecule has 0 saturated carbocycles. The number of nitrogens with zero attached hydrogens (tertiary/aromatic N) is 1. The fourth-order valence-corrected chi connectivity index (χ4v) is 2.13. The van der Waals surface area contributed by atoms with Crippen molar-refractivity contribution in [3.05, 3.63) is 37.8 Å². The second-order valence-corrected chi connectivity index (χ2v) is 4.26. The summed E-state index contributed by atoms with van der Waals surface area (Å²) in [5.74, 6) is 0.562. The smallest absolute Gasteiger partial charge is 0.258 e. The highest BCUT2D eigenvalue weighted by atomic mass is 79.9. The summed E-state index contributed by atoms with van der Waals surface area (Å²) in [5, 5.41) is 0.971. The molecule has 0 aliphatic heterocycles. The molecule has 0 radical (unpaired) electrons. The van der Waals surface area contributed by atoms with E-state index in [1.165, 1.54) is 0 Å². The molecule has 2 aromatic rings. The molecule has 1 aromatic heterocycles. The quantitative estimate of drug-likeness (QED) is 0.802. The number of benzene rings is 1. The highest BCUT2D eigenvalue weighted by Crippen LogP contribution is 2.24. The minimum absolute atomic E-state index is 0.171. The number of hydrogen-bond donors (Lipinski definition) is 1. The molecule has 0 atom stereocenters. The van der Waals surface area contributed by atoms with Gasteiger partial charge in [-0.3, -0.25) is 4.79 Å². The van der Waals surface area contributed by atoms with E-state index in [-0.39, 0.29) is 5.56 Å². The third kappa shape index (κ3) is 1.55. The predicted molar refractivity (Wildman–Crippen MR) is 59.8 cm³/mol. The Kier molecular flexibility index (Phi) is 2.33. The largest absolute Gasteiger partial charge is 0.310 e. The van der Waals surface area contributed by atoms with Crippen LogP contribution in [0.15, 0.2) is 21.4 Å².